The van der Waals surface area contributed by atoms with E-state index in [1.54, 1.807) is 45.0 Å². The molecule has 0 aliphatic carbocycles. The van der Waals surface area contributed by atoms with Crippen LogP contribution in [0.2, 0.25) is 0 Å². The van der Waals surface area contributed by atoms with E-state index >= 15 is 0 Å². The van der Waals surface area contributed by atoms with Crippen molar-refractivity contribution in [2.24, 2.45) is 0 Å². The lowest BCUT2D eigenvalue weighted by Crippen LogP contribution is -2.36. The lowest BCUT2D eigenvalue weighted by Gasteiger charge is -2.30. The highest BCUT2D eigenvalue weighted by molar-refractivity contribution is 7.26. The Morgan fingerprint density at radius 3 is 2.32 bits per heavy atom. The van der Waals surface area contributed by atoms with Gasteiger partial charge in [0.15, 0.2) is 0 Å². The molecule has 3 heterocycles. The molecule has 0 bridgehead atoms. The first-order valence-electron chi connectivity index (χ1n) is 9.37. The summed E-state index contributed by atoms with van der Waals surface area (Å²) in [7, 11) is 12.7. The van der Waals surface area contributed by atoms with Crippen LogP contribution in [-0.4, -0.2) is 41.0 Å². The molecule has 4 aromatic rings. The molecule has 0 spiro atoms. The monoisotopic (exact) mass is 435 g/mol. The van der Waals surface area contributed by atoms with Gasteiger partial charge < -0.3 is 10.4 Å². The topological polar surface area (TPSA) is 83.8 Å². The van der Waals surface area contributed by atoms with Gasteiger partial charge in [0.1, 0.15) is 22.7 Å². The molecule has 3 aromatic heterocycles. The summed E-state index contributed by atoms with van der Waals surface area (Å²) in [4.78, 5) is 8.99. The maximum Gasteiger partial charge on any atom is 0.282 e. The van der Waals surface area contributed by atoms with E-state index in [0.717, 1.165) is 0 Å². The molecule has 154 valence electrons. The number of nitrogens with one attached hydrogen (secondary N) is 1. The van der Waals surface area contributed by atoms with Crippen molar-refractivity contribution in [3.8, 4) is 0 Å². The molecule has 31 heavy (non-hydrogen) atoms. The van der Waals surface area contributed by atoms with Crippen molar-refractivity contribution in [2.45, 2.75) is 38.1 Å². The van der Waals surface area contributed by atoms with Crippen molar-refractivity contribution >= 4 is 53.3 Å². The molecule has 0 amide bonds. The third-order valence-corrected chi connectivity index (χ3v) is 6.13. The molecular weight excluding hydrogens is 418 g/mol. The van der Waals surface area contributed by atoms with Gasteiger partial charge in [-0.25, -0.2) is 18.7 Å². The SMILES string of the molecule is [B]C([B])(Nc1ncnc2c1sc1nnc(C(F)F)c(C)c12)c1ccc(C(C)(C)O)cc1. The van der Waals surface area contributed by atoms with Crippen LogP contribution in [0.3, 0.4) is 0 Å². The maximum atomic E-state index is 13.3. The lowest BCUT2D eigenvalue weighted by molar-refractivity contribution is 0.0786. The van der Waals surface area contributed by atoms with E-state index in [0.29, 0.717) is 42.9 Å². The number of rotatable bonds is 5. The van der Waals surface area contributed by atoms with Gasteiger partial charge in [0.25, 0.3) is 6.43 Å². The second-order valence-electron chi connectivity index (χ2n) is 7.82. The third-order valence-electron chi connectivity index (χ3n) is 5.06. The van der Waals surface area contributed by atoms with E-state index in [1.807, 2.05) is 0 Å². The van der Waals surface area contributed by atoms with E-state index in [1.165, 1.54) is 17.7 Å². The van der Waals surface area contributed by atoms with Crippen LogP contribution in [-0.2, 0) is 10.9 Å². The van der Waals surface area contributed by atoms with Gasteiger partial charge in [0, 0.05) is 5.39 Å². The van der Waals surface area contributed by atoms with Crippen LogP contribution in [0.1, 0.15) is 42.7 Å². The minimum absolute atomic E-state index is 0.324. The summed E-state index contributed by atoms with van der Waals surface area (Å²) in [5.41, 5.74) is 0.696. The van der Waals surface area contributed by atoms with Crippen molar-refractivity contribution in [3.63, 3.8) is 0 Å². The molecule has 0 unspecified atom stereocenters. The molecule has 0 atom stereocenters. The molecule has 0 aliphatic heterocycles. The van der Waals surface area contributed by atoms with Crippen LogP contribution in [0.4, 0.5) is 14.6 Å². The predicted octanol–water partition coefficient (Wildman–Crippen LogP) is 3.67. The van der Waals surface area contributed by atoms with E-state index in [4.69, 9.17) is 15.7 Å². The van der Waals surface area contributed by atoms with Crippen molar-refractivity contribution in [3.05, 3.63) is 53.0 Å². The lowest BCUT2D eigenvalue weighted by atomic mass is 9.58. The highest BCUT2D eigenvalue weighted by atomic mass is 32.1. The molecule has 0 fully saturated rings. The van der Waals surface area contributed by atoms with Gasteiger partial charge in [0.05, 0.1) is 31.5 Å². The number of aliphatic hydroxyl groups is 1. The van der Waals surface area contributed by atoms with Crippen LogP contribution in [0.5, 0.6) is 0 Å². The van der Waals surface area contributed by atoms with Crippen molar-refractivity contribution < 1.29 is 13.9 Å². The molecule has 1 aromatic carbocycles. The summed E-state index contributed by atoms with van der Waals surface area (Å²) < 4.78 is 27.1. The molecule has 0 aliphatic rings. The summed E-state index contributed by atoms with van der Waals surface area (Å²) in [5, 5.41) is 19.7. The highest BCUT2D eigenvalue weighted by Crippen LogP contribution is 2.39. The molecular formula is C20H17B2F2N5OS. The van der Waals surface area contributed by atoms with Gasteiger partial charge >= 0.3 is 0 Å². The number of nitrogens with zero attached hydrogens (tertiary/aromatic N) is 4. The van der Waals surface area contributed by atoms with Crippen molar-refractivity contribution in [1.82, 2.24) is 20.2 Å². The van der Waals surface area contributed by atoms with Gasteiger partial charge in [-0.05, 0) is 42.8 Å². The van der Waals surface area contributed by atoms with Crippen molar-refractivity contribution in [2.75, 3.05) is 5.32 Å². The molecule has 2 N–H and O–H groups in total. The molecule has 0 saturated heterocycles. The Bertz CT molecular complexity index is 1270. The first-order chi connectivity index (χ1) is 14.5. The number of aromatic nitrogens is 4. The van der Waals surface area contributed by atoms with E-state index in [-0.39, 0.29) is 5.69 Å². The first-order valence-corrected chi connectivity index (χ1v) is 10.2. The number of aryl methyl sites for hydroxylation is 1. The summed E-state index contributed by atoms with van der Waals surface area (Å²) in [6.07, 6.45) is -1.43. The Kier molecular flexibility index (Phi) is 5.21. The number of fused-ring (bicyclic) bond motifs is 3. The Hall–Kier alpha value is -2.65. The fraction of sp³-hybridized carbons (Fsp3) is 0.300. The largest absolute Gasteiger partial charge is 0.386 e. The number of hydrogen-bond donors (Lipinski definition) is 2. The molecule has 11 heteroatoms. The van der Waals surface area contributed by atoms with E-state index in [2.05, 4.69) is 25.5 Å². The number of halogens is 2. The minimum Gasteiger partial charge on any atom is -0.386 e. The van der Waals surface area contributed by atoms with Crippen LogP contribution < -0.4 is 5.32 Å². The van der Waals surface area contributed by atoms with Crippen molar-refractivity contribution in [1.29, 1.82) is 0 Å². The van der Waals surface area contributed by atoms with Gasteiger partial charge in [-0.2, -0.15) is 0 Å². The number of hydrogen-bond acceptors (Lipinski definition) is 7. The fourth-order valence-electron chi connectivity index (χ4n) is 3.33. The second-order valence-corrected chi connectivity index (χ2v) is 8.82. The van der Waals surface area contributed by atoms with Gasteiger partial charge in [-0.15, -0.1) is 21.5 Å². The molecule has 0 saturated carbocycles. The smallest absolute Gasteiger partial charge is 0.282 e. The zero-order chi connectivity index (χ0) is 22.6. The Balaban J connectivity index is 1.77. The Morgan fingerprint density at radius 1 is 1.06 bits per heavy atom. The average Bonchev–Trinajstić information content (AvgIpc) is 3.08. The highest BCUT2D eigenvalue weighted by Gasteiger charge is 2.25. The van der Waals surface area contributed by atoms with Crippen LogP contribution in [0.25, 0.3) is 20.4 Å². The summed E-state index contributed by atoms with van der Waals surface area (Å²) in [6.45, 7) is 4.93. The van der Waals surface area contributed by atoms with Gasteiger partial charge in [0.2, 0.25) is 0 Å². The van der Waals surface area contributed by atoms with E-state index < -0.39 is 17.4 Å². The van der Waals surface area contributed by atoms with Gasteiger partial charge in [-0.3, -0.25) is 0 Å². The van der Waals surface area contributed by atoms with Crippen LogP contribution in [0, 0.1) is 6.92 Å². The fourth-order valence-corrected chi connectivity index (χ4v) is 4.41. The normalized spacial score (nSPS) is 12.7. The average molecular weight is 435 g/mol. The number of thiophene rings is 1. The number of anilines is 1. The van der Waals surface area contributed by atoms with Crippen LogP contribution in [0.15, 0.2) is 30.6 Å². The third kappa shape index (κ3) is 3.87. The summed E-state index contributed by atoms with van der Waals surface area (Å²) in [6, 6.07) is 6.92. The number of benzene rings is 1. The number of alkyl halides is 2. The molecule has 4 rings (SSSR count). The minimum atomic E-state index is -2.74. The molecule has 6 nitrogen and oxygen atoms in total. The Morgan fingerprint density at radius 2 is 1.71 bits per heavy atom. The van der Waals surface area contributed by atoms with E-state index in [9.17, 15) is 13.9 Å². The standard InChI is InChI=1S/C20H17B2F2N5OS/c1-9-12-14-15(31-18(12)29-28-13(9)16(23)24)17(26-8-25-14)27-20(21,22)11-6-4-10(5-7-11)19(2,3)30/h4-8,16,30H,1-3H3,(H,25,26,27). The predicted molar refractivity (Wildman–Crippen MR) is 119 cm³/mol. The van der Waals surface area contributed by atoms with Crippen LogP contribution >= 0.6 is 11.3 Å². The summed E-state index contributed by atoms with van der Waals surface area (Å²) >= 11 is 1.21. The molecule has 4 radical (unpaired) electrons. The zero-order valence-corrected chi connectivity index (χ0v) is 17.8. The Labute approximate surface area is 184 Å². The quantitative estimate of drug-likeness (QED) is 0.466. The summed E-state index contributed by atoms with van der Waals surface area (Å²) in [5.74, 6) is 0.350. The first kappa shape index (κ1) is 21.6. The van der Waals surface area contributed by atoms with Gasteiger partial charge in [-0.1, -0.05) is 24.3 Å². The second kappa shape index (κ2) is 7.49. The maximum absolute atomic E-state index is 13.3. The zero-order valence-electron chi connectivity index (χ0n) is 17.0.